The number of benzene rings is 1. The number of aromatic nitrogens is 2. The second-order valence-electron chi connectivity index (χ2n) is 7.46. The van der Waals surface area contributed by atoms with Gasteiger partial charge in [0.25, 0.3) is 0 Å². The molecule has 0 aliphatic rings. The van der Waals surface area contributed by atoms with Crippen LogP contribution in [0.15, 0.2) is 47.9 Å². The first-order valence-electron chi connectivity index (χ1n) is 10.3. The fourth-order valence-corrected chi connectivity index (χ4v) is 4.44. The molecule has 0 saturated heterocycles. The summed E-state index contributed by atoms with van der Waals surface area (Å²) in [5.41, 5.74) is 0.0272. The third-order valence-electron chi connectivity index (χ3n) is 5.10. The molecule has 0 bridgehead atoms. The quantitative estimate of drug-likeness (QED) is 0.354. The van der Waals surface area contributed by atoms with Crippen LogP contribution in [0.5, 0.6) is 0 Å². The largest absolute Gasteiger partial charge is 0.481 e. The summed E-state index contributed by atoms with van der Waals surface area (Å²) in [5, 5.41) is 17.9. The topological polar surface area (TPSA) is 139 Å². The highest BCUT2D eigenvalue weighted by Gasteiger charge is 2.15. The van der Waals surface area contributed by atoms with E-state index in [-0.39, 0.29) is 29.3 Å². The van der Waals surface area contributed by atoms with Gasteiger partial charge in [0.05, 0.1) is 16.8 Å². The molecular weight excluding hydrogens is 422 g/mol. The van der Waals surface area contributed by atoms with Gasteiger partial charge in [-0.05, 0) is 55.9 Å². The van der Waals surface area contributed by atoms with E-state index < -0.39 is 22.0 Å². The molecule has 2 aromatic rings. The van der Waals surface area contributed by atoms with Gasteiger partial charge in [-0.25, -0.2) is 22.9 Å². The molecule has 0 fully saturated rings. The zero-order valence-electron chi connectivity index (χ0n) is 17.3. The highest BCUT2D eigenvalue weighted by Crippen LogP contribution is 2.21. The third kappa shape index (κ3) is 8.89. The number of aryl methyl sites for hydroxylation is 1. The lowest BCUT2D eigenvalue weighted by atomic mass is 9.92. The molecule has 1 heterocycles. The number of carbonyl (C=O) groups is 2. The predicted octanol–water partition coefficient (Wildman–Crippen LogP) is 2.99. The molecule has 0 aliphatic carbocycles. The van der Waals surface area contributed by atoms with E-state index in [0.29, 0.717) is 12.8 Å². The van der Waals surface area contributed by atoms with E-state index in [2.05, 4.69) is 9.71 Å². The molecule has 0 spiro atoms. The molecule has 1 aromatic heterocycles. The van der Waals surface area contributed by atoms with Crippen LogP contribution in [0.4, 0.5) is 0 Å². The number of nitrogens with zero attached hydrogens (tertiary/aromatic N) is 2. The molecule has 0 saturated carbocycles. The van der Waals surface area contributed by atoms with E-state index in [0.717, 1.165) is 32.2 Å². The minimum atomic E-state index is -3.69. The van der Waals surface area contributed by atoms with Crippen LogP contribution in [0, 0.1) is 5.92 Å². The number of unbranched alkanes of at least 4 members (excludes halogenated alkanes) is 1. The van der Waals surface area contributed by atoms with Crippen LogP contribution in [0.3, 0.4) is 0 Å². The Bertz CT molecular complexity index is 927. The maximum Gasteiger partial charge on any atom is 0.335 e. The molecule has 1 aromatic carbocycles. The minimum absolute atomic E-state index is 0.0244. The van der Waals surface area contributed by atoms with E-state index in [1.165, 1.54) is 24.3 Å². The van der Waals surface area contributed by atoms with Crippen molar-refractivity contribution in [2.24, 2.45) is 5.92 Å². The van der Waals surface area contributed by atoms with Gasteiger partial charge in [-0.15, -0.1) is 0 Å². The first kappa shape index (κ1) is 24.5. The molecule has 2 rings (SSSR count). The molecule has 0 radical (unpaired) electrons. The zero-order valence-corrected chi connectivity index (χ0v) is 18.1. The number of rotatable bonds is 15. The lowest BCUT2D eigenvalue weighted by Crippen LogP contribution is -2.25. The van der Waals surface area contributed by atoms with Crippen LogP contribution in [-0.2, 0) is 21.4 Å². The van der Waals surface area contributed by atoms with Gasteiger partial charge in [-0.3, -0.25) is 4.79 Å². The number of hydrogen-bond donors (Lipinski definition) is 3. The van der Waals surface area contributed by atoms with E-state index >= 15 is 0 Å². The van der Waals surface area contributed by atoms with Crippen LogP contribution in [0.1, 0.15) is 55.3 Å². The number of carboxylic acids is 2. The number of imidazole rings is 1. The standard InChI is InChI=1S/C21H29N3O6S/c25-20(26)11-6-17(5-3-14-24-15-13-22-16-24)4-1-2-12-23-31(29,30)19-9-7-18(8-10-19)21(27)28/h7-10,13,15-17,23H,1-6,11-12,14H2,(H,25,26)(H,27,28). The maximum atomic E-state index is 12.3. The fraction of sp³-hybridized carbons (Fsp3) is 0.476. The summed E-state index contributed by atoms with van der Waals surface area (Å²) in [4.78, 5) is 25.8. The van der Waals surface area contributed by atoms with Crippen molar-refractivity contribution in [3.05, 3.63) is 48.5 Å². The molecule has 0 aliphatic heterocycles. The van der Waals surface area contributed by atoms with Gasteiger partial charge in [0.2, 0.25) is 10.0 Å². The van der Waals surface area contributed by atoms with Gasteiger partial charge in [0, 0.05) is 31.9 Å². The Morgan fingerprint density at radius 1 is 1.03 bits per heavy atom. The number of aromatic carboxylic acids is 1. The summed E-state index contributed by atoms with van der Waals surface area (Å²) >= 11 is 0. The number of hydrogen-bond acceptors (Lipinski definition) is 5. The summed E-state index contributed by atoms with van der Waals surface area (Å²) in [6.45, 7) is 1.10. The van der Waals surface area contributed by atoms with E-state index in [4.69, 9.17) is 10.2 Å². The molecule has 3 N–H and O–H groups in total. The average molecular weight is 452 g/mol. The fourth-order valence-electron chi connectivity index (χ4n) is 3.37. The van der Waals surface area contributed by atoms with Crippen molar-refractivity contribution in [2.45, 2.75) is 56.4 Å². The molecular formula is C21H29N3O6S. The van der Waals surface area contributed by atoms with Gasteiger partial charge in [-0.2, -0.15) is 0 Å². The molecule has 170 valence electrons. The lowest BCUT2D eigenvalue weighted by Gasteiger charge is -2.16. The van der Waals surface area contributed by atoms with Crippen molar-refractivity contribution in [3.8, 4) is 0 Å². The molecule has 1 atom stereocenters. The number of carboxylic acid groups (broad SMARTS) is 2. The minimum Gasteiger partial charge on any atom is -0.481 e. The van der Waals surface area contributed by atoms with Crippen LogP contribution in [0.25, 0.3) is 0 Å². The Morgan fingerprint density at radius 2 is 1.74 bits per heavy atom. The van der Waals surface area contributed by atoms with Crippen LogP contribution < -0.4 is 4.72 Å². The zero-order chi connectivity index (χ0) is 22.7. The number of aliphatic carboxylic acids is 1. The third-order valence-corrected chi connectivity index (χ3v) is 6.57. The Morgan fingerprint density at radius 3 is 2.35 bits per heavy atom. The van der Waals surface area contributed by atoms with Crippen LogP contribution in [-0.4, -0.2) is 46.7 Å². The van der Waals surface area contributed by atoms with E-state index in [1.807, 2.05) is 10.8 Å². The summed E-state index contributed by atoms with van der Waals surface area (Å²) < 4.78 is 29.1. The number of nitrogens with one attached hydrogen (secondary N) is 1. The second-order valence-corrected chi connectivity index (χ2v) is 9.23. The van der Waals surface area contributed by atoms with Crippen molar-refractivity contribution in [1.29, 1.82) is 0 Å². The predicted molar refractivity (Wildman–Crippen MR) is 114 cm³/mol. The van der Waals surface area contributed by atoms with Crippen molar-refractivity contribution in [2.75, 3.05) is 6.54 Å². The van der Waals surface area contributed by atoms with Gasteiger partial charge in [-0.1, -0.05) is 12.8 Å². The summed E-state index contributed by atoms with van der Waals surface area (Å²) in [5.74, 6) is -1.64. The SMILES string of the molecule is O=C(O)CCC(CCCCNS(=O)(=O)c1ccc(C(=O)O)cc1)CCCn1ccnc1. The maximum absolute atomic E-state index is 12.3. The van der Waals surface area contributed by atoms with Gasteiger partial charge in [0.1, 0.15) is 0 Å². The molecule has 9 nitrogen and oxygen atoms in total. The van der Waals surface area contributed by atoms with Gasteiger partial charge >= 0.3 is 11.9 Å². The summed E-state index contributed by atoms with van der Waals surface area (Å²) in [6, 6.07) is 5.06. The first-order valence-corrected chi connectivity index (χ1v) is 11.8. The first-order chi connectivity index (χ1) is 14.8. The summed E-state index contributed by atoms with van der Waals surface area (Å²) in [6.07, 6.45) is 10.2. The Hall–Kier alpha value is -2.72. The van der Waals surface area contributed by atoms with E-state index in [9.17, 15) is 18.0 Å². The Balaban J connectivity index is 1.74. The van der Waals surface area contributed by atoms with Crippen LogP contribution in [0.2, 0.25) is 0 Å². The monoisotopic (exact) mass is 451 g/mol. The Labute approximate surface area is 182 Å². The highest BCUT2D eigenvalue weighted by atomic mass is 32.2. The molecule has 0 amide bonds. The molecule has 31 heavy (non-hydrogen) atoms. The second kappa shape index (κ2) is 12.2. The van der Waals surface area contributed by atoms with Crippen molar-refractivity contribution < 1.29 is 28.2 Å². The molecule has 1 unspecified atom stereocenters. The van der Waals surface area contributed by atoms with Gasteiger partial charge < -0.3 is 14.8 Å². The van der Waals surface area contributed by atoms with Crippen LogP contribution >= 0.6 is 0 Å². The number of sulfonamides is 1. The van der Waals surface area contributed by atoms with Crippen molar-refractivity contribution in [1.82, 2.24) is 14.3 Å². The van der Waals surface area contributed by atoms with Crippen molar-refractivity contribution >= 4 is 22.0 Å². The normalized spacial score (nSPS) is 12.5. The highest BCUT2D eigenvalue weighted by molar-refractivity contribution is 7.89. The molecule has 10 heteroatoms. The van der Waals surface area contributed by atoms with E-state index in [1.54, 1.807) is 12.5 Å². The summed E-state index contributed by atoms with van der Waals surface area (Å²) in [7, 11) is -3.69. The average Bonchev–Trinajstić information content (AvgIpc) is 3.24. The smallest absolute Gasteiger partial charge is 0.335 e. The van der Waals surface area contributed by atoms with Gasteiger partial charge in [0.15, 0.2) is 0 Å². The lowest BCUT2D eigenvalue weighted by molar-refractivity contribution is -0.137. The van der Waals surface area contributed by atoms with Crippen molar-refractivity contribution in [3.63, 3.8) is 0 Å². The Kier molecular flexibility index (Phi) is 9.67.